The van der Waals surface area contributed by atoms with Crippen molar-refractivity contribution in [3.8, 4) is 23.0 Å². The first-order valence-corrected chi connectivity index (χ1v) is 8.00. The van der Waals surface area contributed by atoms with Crippen molar-refractivity contribution in [3.63, 3.8) is 0 Å². The topological polar surface area (TPSA) is 123 Å². The largest absolute Gasteiger partial charge is 0.493 e. The van der Waals surface area contributed by atoms with E-state index in [1.165, 1.54) is 52.7 Å². The summed E-state index contributed by atoms with van der Waals surface area (Å²) < 4.78 is 20.8. The summed E-state index contributed by atoms with van der Waals surface area (Å²) in [6.45, 7) is 0. The number of hydrogen-bond acceptors (Lipinski definition) is 7. The number of hydrogen-bond donors (Lipinski definition) is 1. The van der Waals surface area contributed by atoms with E-state index in [9.17, 15) is 14.9 Å². The summed E-state index contributed by atoms with van der Waals surface area (Å²) in [6.07, 6.45) is 1.48. The molecule has 0 heterocycles. The molecule has 0 aromatic heterocycles. The molecule has 148 valence electrons. The van der Waals surface area contributed by atoms with Gasteiger partial charge < -0.3 is 24.7 Å². The minimum atomic E-state index is -0.756. The van der Waals surface area contributed by atoms with E-state index in [1.54, 1.807) is 12.1 Å². The first-order chi connectivity index (χ1) is 13.4. The highest BCUT2D eigenvalue weighted by molar-refractivity contribution is 6.23. The SMILES string of the molecule is COc1ccc(/C(=C\c2cc(OC)c(OC)c(OC)c2)C(N)=O)cc1[N+](=O)[O-]. The summed E-state index contributed by atoms with van der Waals surface area (Å²) in [7, 11) is 5.73. The third-order valence-electron chi connectivity index (χ3n) is 3.95. The predicted octanol–water partition coefficient (Wildman–Crippen LogP) is 2.66. The molecule has 28 heavy (non-hydrogen) atoms. The Morgan fingerprint density at radius 2 is 1.54 bits per heavy atom. The number of benzene rings is 2. The molecule has 2 N–H and O–H groups in total. The molecule has 0 atom stereocenters. The molecule has 2 aromatic carbocycles. The molecule has 9 nitrogen and oxygen atoms in total. The zero-order chi connectivity index (χ0) is 20.8. The van der Waals surface area contributed by atoms with Crippen LogP contribution in [0.2, 0.25) is 0 Å². The molecule has 0 spiro atoms. The Hall–Kier alpha value is -3.75. The minimum absolute atomic E-state index is 0.0695. The Morgan fingerprint density at radius 3 is 1.96 bits per heavy atom. The second-order valence-electron chi connectivity index (χ2n) is 5.52. The first kappa shape index (κ1) is 20.6. The van der Waals surface area contributed by atoms with Gasteiger partial charge in [0.05, 0.1) is 33.4 Å². The predicted molar refractivity (Wildman–Crippen MR) is 103 cm³/mol. The first-order valence-electron chi connectivity index (χ1n) is 8.00. The summed E-state index contributed by atoms with van der Waals surface area (Å²) in [5.74, 6) is 0.483. The second-order valence-corrected chi connectivity index (χ2v) is 5.52. The van der Waals surface area contributed by atoms with Crippen LogP contribution in [-0.2, 0) is 4.79 Å². The number of nitro benzene ring substituents is 1. The van der Waals surface area contributed by atoms with Gasteiger partial charge in [0.25, 0.3) is 0 Å². The van der Waals surface area contributed by atoms with Gasteiger partial charge >= 0.3 is 5.69 Å². The number of amides is 1. The summed E-state index contributed by atoms with van der Waals surface area (Å²) in [4.78, 5) is 22.7. The number of carbonyl (C=O) groups is 1. The van der Waals surface area contributed by atoms with Gasteiger partial charge in [-0.15, -0.1) is 0 Å². The molecular weight excluding hydrogens is 368 g/mol. The molecule has 0 aliphatic carbocycles. The Morgan fingerprint density at radius 1 is 0.964 bits per heavy atom. The van der Waals surface area contributed by atoms with Crippen LogP contribution in [0.25, 0.3) is 11.6 Å². The Kier molecular flexibility index (Phi) is 6.43. The van der Waals surface area contributed by atoms with Gasteiger partial charge in [-0.2, -0.15) is 0 Å². The van der Waals surface area contributed by atoms with Gasteiger partial charge in [-0.05, 0) is 41.5 Å². The summed E-state index contributed by atoms with van der Waals surface area (Å²) >= 11 is 0. The Balaban J connectivity index is 2.65. The van der Waals surface area contributed by atoms with Gasteiger partial charge in [0, 0.05) is 11.6 Å². The zero-order valence-corrected chi connectivity index (χ0v) is 15.8. The number of rotatable bonds is 8. The van der Waals surface area contributed by atoms with Crippen LogP contribution in [0, 0.1) is 10.1 Å². The number of nitro groups is 1. The van der Waals surface area contributed by atoms with E-state index in [4.69, 9.17) is 24.7 Å². The average molecular weight is 388 g/mol. The van der Waals surface area contributed by atoms with Crippen LogP contribution in [0.1, 0.15) is 11.1 Å². The minimum Gasteiger partial charge on any atom is -0.493 e. The molecule has 1 amide bonds. The summed E-state index contributed by atoms with van der Waals surface area (Å²) in [6, 6.07) is 7.40. The highest BCUT2D eigenvalue weighted by Gasteiger charge is 2.19. The maximum Gasteiger partial charge on any atom is 0.311 e. The zero-order valence-electron chi connectivity index (χ0n) is 15.8. The maximum absolute atomic E-state index is 12.0. The van der Waals surface area contributed by atoms with Crippen molar-refractivity contribution in [2.45, 2.75) is 0 Å². The van der Waals surface area contributed by atoms with E-state index < -0.39 is 10.8 Å². The van der Waals surface area contributed by atoms with Gasteiger partial charge in [0.1, 0.15) is 0 Å². The molecule has 0 saturated heterocycles. The van der Waals surface area contributed by atoms with Crippen LogP contribution in [0.15, 0.2) is 30.3 Å². The quantitative estimate of drug-likeness (QED) is 0.319. The fourth-order valence-corrected chi connectivity index (χ4v) is 2.65. The van der Waals surface area contributed by atoms with Crippen molar-refractivity contribution in [2.75, 3.05) is 28.4 Å². The number of primary amides is 1. The lowest BCUT2D eigenvalue weighted by Crippen LogP contribution is -2.13. The van der Waals surface area contributed by atoms with E-state index in [1.807, 2.05) is 0 Å². The molecule has 2 rings (SSSR count). The van der Waals surface area contributed by atoms with Crippen molar-refractivity contribution >= 4 is 23.2 Å². The van der Waals surface area contributed by atoms with Crippen LogP contribution >= 0.6 is 0 Å². The highest BCUT2D eigenvalue weighted by Crippen LogP contribution is 2.39. The average Bonchev–Trinajstić information content (AvgIpc) is 2.70. The molecule has 0 aliphatic heterocycles. The number of nitrogens with zero attached hydrogens (tertiary/aromatic N) is 1. The van der Waals surface area contributed by atoms with E-state index in [0.29, 0.717) is 22.8 Å². The molecule has 0 unspecified atom stereocenters. The molecule has 0 fully saturated rings. The molecule has 9 heteroatoms. The monoisotopic (exact) mass is 388 g/mol. The van der Waals surface area contributed by atoms with Gasteiger partial charge in [-0.1, -0.05) is 0 Å². The molecule has 0 saturated carbocycles. The van der Waals surface area contributed by atoms with Crippen molar-refractivity contribution in [1.82, 2.24) is 0 Å². The summed E-state index contributed by atoms with van der Waals surface area (Å²) in [5, 5.41) is 11.3. The van der Waals surface area contributed by atoms with Gasteiger partial charge in [-0.3, -0.25) is 14.9 Å². The third kappa shape index (κ3) is 4.14. The second kappa shape index (κ2) is 8.76. The van der Waals surface area contributed by atoms with Gasteiger partial charge in [0.15, 0.2) is 17.2 Å². The van der Waals surface area contributed by atoms with Crippen molar-refractivity contribution in [2.24, 2.45) is 5.73 Å². The van der Waals surface area contributed by atoms with Crippen LogP contribution in [0.3, 0.4) is 0 Å². The van der Waals surface area contributed by atoms with Crippen molar-refractivity contribution in [1.29, 1.82) is 0 Å². The lowest BCUT2D eigenvalue weighted by atomic mass is 10.0. The van der Waals surface area contributed by atoms with Crippen LogP contribution in [0.4, 0.5) is 5.69 Å². The fourth-order valence-electron chi connectivity index (χ4n) is 2.65. The Labute approximate surface area is 161 Å². The van der Waals surface area contributed by atoms with Gasteiger partial charge in [0.2, 0.25) is 11.7 Å². The lowest BCUT2D eigenvalue weighted by molar-refractivity contribution is -0.385. The van der Waals surface area contributed by atoms with Crippen LogP contribution in [-0.4, -0.2) is 39.3 Å². The maximum atomic E-state index is 12.0. The smallest absolute Gasteiger partial charge is 0.311 e. The Bertz CT molecular complexity index is 913. The molecule has 0 aliphatic rings. The molecule has 2 aromatic rings. The van der Waals surface area contributed by atoms with Crippen molar-refractivity contribution in [3.05, 3.63) is 51.6 Å². The van der Waals surface area contributed by atoms with E-state index in [2.05, 4.69) is 0 Å². The van der Waals surface area contributed by atoms with Crippen LogP contribution < -0.4 is 24.7 Å². The highest BCUT2D eigenvalue weighted by atomic mass is 16.6. The van der Waals surface area contributed by atoms with E-state index >= 15 is 0 Å². The molecular formula is C19H20N2O7. The van der Waals surface area contributed by atoms with Crippen molar-refractivity contribution < 1.29 is 28.7 Å². The standard InChI is InChI=1S/C19H20N2O7/c1-25-15-6-5-12(10-14(15)21(23)24)13(19(20)22)7-11-8-16(26-2)18(28-4)17(9-11)27-3/h5-10H,1-4H3,(H2,20,22)/b13-7+. The summed E-state index contributed by atoms with van der Waals surface area (Å²) in [5.41, 5.74) is 6.11. The lowest BCUT2D eigenvalue weighted by Gasteiger charge is -2.13. The van der Waals surface area contributed by atoms with Gasteiger partial charge in [-0.25, -0.2) is 0 Å². The number of methoxy groups -OCH3 is 4. The number of ether oxygens (including phenoxy) is 4. The van der Waals surface area contributed by atoms with Crippen LogP contribution in [0.5, 0.6) is 23.0 Å². The third-order valence-corrected chi connectivity index (χ3v) is 3.95. The molecule has 0 radical (unpaired) electrons. The number of carbonyl (C=O) groups excluding carboxylic acids is 1. The fraction of sp³-hybridized carbons (Fsp3) is 0.211. The van der Waals surface area contributed by atoms with E-state index in [0.717, 1.165) is 0 Å². The number of nitrogens with two attached hydrogens (primary N) is 1. The molecule has 0 bridgehead atoms. The normalized spacial score (nSPS) is 10.9. The van der Waals surface area contributed by atoms with E-state index in [-0.39, 0.29) is 22.6 Å².